The lowest BCUT2D eigenvalue weighted by atomic mass is 10.2. The lowest BCUT2D eigenvalue weighted by molar-refractivity contribution is 0.580. The normalized spacial score (nSPS) is 10.8. The highest BCUT2D eigenvalue weighted by Gasteiger charge is 2.11. The molecule has 0 atom stereocenters. The zero-order valence-electron chi connectivity index (χ0n) is 11.2. The van der Waals surface area contributed by atoms with E-state index in [0.717, 1.165) is 17.1 Å². The van der Waals surface area contributed by atoms with Gasteiger partial charge in [-0.05, 0) is 24.3 Å². The molecule has 0 aliphatic rings. The fourth-order valence-corrected chi connectivity index (χ4v) is 2.34. The molecule has 3 nitrogen and oxygen atoms in total. The summed E-state index contributed by atoms with van der Waals surface area (Å²) in [6.07, 6.45) is 1.71. The van der Waals surface area contributed by atoms with Crippen molar-refractivity contribution in [3.8, 4) is 11.4 Å². The van der Waals surface area contributed by atoms with Crippen molar-refractivity contribution in [1.29, 1.82) is 0 Å². The largest absolute Gasteiger partial charge is 0.263 e. The predicted molar refractivity (Wildman–Crippen MR) is 80.5 cm³/mol. The molecule has 0 bridgehead atoms. The Kier molecular flexibility index (Phi) is 3.97. The number of nitrogens with zero attached hydrogens (tertiary/aromatic N) is 3. The van der Waals surface area contributed by atoms with Crippen molar-refractivity contribution >= 4 is 11.6 Å². The molecule has 3 aromatic rings. The molecule has 21 heavy (non-hydrogen) atoms. The van der Waals surface area contributed by atoms with Crippen molar-refractivity contribution in [2.75, 3.05) is 0 Å². The summed E-state index contributed by atoms with van der Waals surface area (Å²) in [5.41, 5.74) is 2.93. The number of halogens is 2. The van der Waals surface area contributed by atoms with E-state index < -0.39 is 0 Å². The van der Waals surface area contributed by atoms with Crippen molar-refractivity contribution in [3.05, 3.63) is 71.8 Å². The molecule has 106 valence electrons. The Balaban J connectivity index is 1.96. The number of pyridine rings is 1. The summed E-state index contributed by atoms with van der Waals surface area (Å²) < 4.78 is 15.5. The molecule has 5 heteroatoms. The summed E-state index contributed by atoms with van der Waals surface area (Å²) in [7, 11) is 0. The summed E-state index contributed by atoms with van der Waals surface area (Å²) in [6.45, 7) is 0.349. The van der Waals surface area contributed by atoms with E-state index in [9.17, 15) is 4.39 Å². The molecule has 0 radical (unpaired) electrons. The third-order valence-corrected chi connectivity index (χ3v) is 3.48. The second kappa shape index (κ2) is 6.06. The lowest BCUT2D eigenvalue weighted by Gasteiger charge is -2.06. The SMILES string of the molecule is Fc1ccccc1Cn1nc(-c2ccccn2)cc1CCl. The molecule has 3 rings (SSSR count). The van der Waals surface area contributed by atoms with Crippen LogP contribution >= 0.6 is 11.6 Å². The summed E-state index contributed by atoms with van der Waals surface area (Å²) in [4.78, 5) is 4.27. The minimum Gasteiger partial charge on any atom is -0.263 e. The van der Waals surface area contributed by atoms with Gasteiger partial charge < -0.3 is 0 Å². The molecule has 2 heterocycles. The molecule has 0 spiro atoms. The Morgan fingerprint density at radius 3 is 2.57 bits per heavy atom. The van der Waals surface area contributed by atoms with Crippen LogP contribution < -0.4 is 0 Å². The smallest absolute Gasteiger partial charge is 0.128 e. The highest BCUT2D eigenvalue weighted by atomic mass is 35.5. The van der Waals surface area contributed by atoms with Gasteiger partial charge in [-0.3, -0.25) is 9.67 Å². The summed E-state index contributed by atoms with van der Waals surface area (Å²) >= 11 is 5.96. The highest BCUT2D eigenvalue weighted by molar-refractivity contribution is 6.16. The molecule has 1 aromatic carbocycles. The maximum absolute atomic E-state index is 13.8. The monoisotopic (exact) mass is 301 g/mol. The number of aromatic nitrogens is 3. The van der Waals surface area contributed by atoms with Gasteiger partial charge in [-0.25, -0.2) is 4.39 Å². The number of benzene rings is 1. The first-order chi connectivity index (χ1) is 10.3. The van der Waals surface area contributed by atoms with Gasteiger partial charge in [0.25, 0.3) is 0 Å². The van der Waals surface area contributed by atoms with Gasteiger partial charge in [0, 0.05) is 11.8 Å². The van der Waals surface area contributed by atoms with Crippen molar-refractivity contribution in [2.24, 2.45) is 0 Å². The maximum Gasteiger partial charge on any atom is 0.128 e. The van der Waals surface area contributed by atoms with Crippen LogP contribution in [-0.2, 0) is 12.4 Å². The van der Waals surface area contributed by atoms with Crippen molar-refractivity contribution in [3.63, 3.8) is 0 Å². The van der Waals surface area contributed by atoms with E-state index in [4.69, 9.17) is 11.6 Å². The minimum absolute atomic E-state index is 0.243. The highest BCUT2D eigenvalue weighted by Crippen LogP contribution is 2.19. The Bertz CT molecular complexity index is 740. The van der Waals surface area contributed by atoms with Gasteiger partial charge in [0.05, 0.1) is 23.8 Å². The van der Waals surface area contributed by atoms with Crippen molar-refractivity contribution in [1.82, 2.24) is 14.8 Å². The standard InChI is InChI=1S/C16H13ClFN3/c17-10-13-9-16(15-7-3-4-8-19-15)20-21(13)11-12-5-1-2-6-14(12)18/h1-9H,10-11H2. The van der Waals surface area contributed by atoms with Gasteiger partial charge >= 0.3 is 0 Å². The van der Waals surface area contributed by atoms with Gasteiger partial charge in [0.1, 0.15) is 11.5 Å². The Labute approximate surface area is 127 Å². The van der Waals surface area contributed by atoms with Gasteiger partial charge in [0.15, 0.2) is 0 Å². The topological polar surface area (TPSA) is 30.7 Å². The first kappa shape index (κ1) is 13.8. The van der Waals surface area contributed by atoms with E-state index in [1.165, 1.54) is 6.07 Å². The summed E-state index contributed by atoms with van der Waals surface area (Å²) in [5, 5.41) is 4.49. The fraction of sp³-hybridized carbons (Fsp3) is 0.125. The van der Waals surface area contributed by atoms with Crippen molar-refractivity contribution < 1.29 is 4.39 Å². The van der Waals surface area contributed by atoms with E-state index in [1.54, 1.807) is 23.0 Å². The third kappa shape index (κ3) is 2.95. The van der Waals surface area contributed by atoms with E-state index in [-0.39, 0.29) is 5.82 Å². The van der Waals surface area contributed by atoms with Gasteiger partial charge in [-0.1, -0.05) is 24.3 Å². The summed E-state index contributed by atoms with van der Waals surface area (Å²) in [6, 6.07) is 14.2. The maximum atomic E-state index is 13.8. The molecule has 0 saturated carbocycles. The van der Waals surface area contributed by atoms with Crippen LogP contribution in [0.25, 0.3) is 11.4 Å². The van der Waals surface area contributed by atoms with Gasteiger partial charge in [-0.15, -0.1) is 11.6 Å². The van der Waals surface area contributed by atoms with Crippen LogP contribution in [-0.4, -0.2) is 14.8 Å². The number of hydrogen-bond donors (Lipinski definition) is 0. The van der Waals surface area contributed by atoms with E-state index in [1.807, 2.05) is 30.3 Å². The zero-order chi connectivity index (χ0) is 14.7. The minimum atomic E-state index is -0.243. The lowest BCUT2D eigenvalue weighted by Crippen LogP contribution is -2.06. The molecule has 0 saturated heterocycles. The van der Waals surface area contributed by atoms with E-state index in [0.29, 0.717) is 18.0 Å². The number of alkyl halides is 1. The third-order valence-electron chi connectivity index (χ3n) is 3.21. The predicted octanol–water partition coefficient (Wildman–Crippen LogP) is 3.87. The molecule has 0 aliphatic carbocycles. The zero-order valence-corrected chi connectivity index (χ0v) is 12.0. The molecular weight excluding hydrogens is 289 g/mol. The summed E-state index contributed by atoms with van der Waals surface area (Å²) in [5.74, 6) is 0.0711. The van der Waals surface area contributed by atoms with Crippen LogP contribution in [0.4, 0.5) is 4.39 Å². The van der Waals surface area contributed by atoms with Crippen LogP contribution in [0.1, 0.15) is 11.3 Å². The first-order valence-electron chi connectivity index (χ1n) is 6.55. The molecule has 0 N–H and O–H groups in total. The average molecular weight is 302 g/mol. The van der Waals surface area contributed by atoms with Crippen LogP contribution in [0.2, 0.25) is 0 Å². The van der Waals surface area contributed by atoms with E-state index in [2.05, 4.69) is 10.1 Å². The van der Waals surface area contributed by atoms with Crippen LogP contribution in [0.3, 0.4) is 0 Å². The van der Waals surface area contributed by atoms with Crippen LogP contribution in [0.5, 0.6) is 0 Å². The van der Waals surface area contributed by atoms with Crippen molar-refractivity contribution in [2.45, 2.75) is 12.4 Å². The molecular formula is C16H13ClFN3. The first-order valence-corrected chi connectivity index (χ1v) is 7.09. The molecule has 2 aromatic heterocycles. The second-order valence-corrected chi connectivity index (χ2v) is 4.89. The van der Waals surface area contributed by atoms with Gasteiger partial charge in [-0.2, -0.15) is 5.10 Å². The average Bonchev–Trinajstić information content (AvgIpc) is 2.93. The number of hydrogen-bond acceptors (Lipinski definition) is 2. The Morgan fingerprint density at radius 2 is 1.86 bits per heavy atom. The van der Waals surface area contributed by atoms with Crippen LogP contribution in [0.15, 0.2) is 54.7 Å². The number of rotatable bonds is 4. The van der Waals surface area contributed by atoms with Crippen LogP contribution in [0, 0.1) is 5.82 Å². The Morgan fingerprint density at radius 1 is 1.05 bits per heavy atom. The molecule has 0 amide bonds. The molecule has 0 fully saturated rings. The van der Waals surface area contributed by atoms with E-state index >= 15 is 0 Å². The molecule has 0 unspecified atom stereocenters. The quantitative estimate of drug-likeness (QED) is 0.685. The second-order valence-electron chi connectivity index (χ2n) is 4.62. The molecule has 0 aliphatic heterocycles. The fourth-order valence-electron chi connectivity index (χ4n) is 2.13. The van der Waals surface area contributed by atoms with Gasteiger partial charge in [0.2, 0.25) is 0 Å². The Hall–Kier alpha value is -2.20.